The van der Waals surface area contributed by atoms with Gasteiger partial charge in [-0.05, 0) is 31.1 Å². The summed E-state index contributed by atoms with van der Waals surface area (Å²) in [5, 5.41) is 0. The zero-order chi connectivity index (χ0) is 12.8. The highest BCUT2D eigenvalue weighted by molar-refractivity contribution is 5.76. The minimum atomic E-state index is 0.283. The van der Waals surface area contributed by atoms with Crippen LogP contribution in [0.15, 0.2) is 0 Å². The Hall–Kier alpha value is -0.970. The summed E-state index contributed by atoms with van der Waals surface area (Å²) in [6.45, 7) is 1.40. The molecule has 2 aliphatic carbocycles. The average Bonchev–Trinajstić information content (AvgIpc) is 3.21. The summed E-state index contributed by atoms with van der Waals surface area (Å²) in [5.74, 6) is 4.43. The standard InChI is InChI=1S/C16H25NO/c1-2-12-17(13-15-8-9-15)16(18)11-10-14-6-4-3-5-7-14/h1,14-15H,3-13H2. The first kappa shape index (κ1) is 13.5. The number of carbonyl (C=O) groups excluding carboxylic acids is 1. The average molecular weight is 247 g/mol. The fourth-order valence-electron chi connectivity index (χ4n) is 2.94. The second-order valence-corrected chi connectivity index (χ2v) is 5.96. The molecule has 0 N–H and O–H groups in total. The molecule has 2 rings (SSSR count). The molecule has 2 nitrogen and oxygen atoms in total. The minimum Gasteiger partial charge on any atom is -0.331 e. The summed E-state index contributed by atoms with van der Waals surface area (Å²) in [6.07, 6.45) is 16.4. The van der Waals surface area contributed by atoms with Gasteiger partial charge in [-0.1, -0.05) is 38.0 Å². The van der Waals surface area contributed by atoms with E-state index in [0.717, 1.165) is 24.8 Å². The van der Waals surface area contributed by atoms with Gasteiger partial charge in [0.15, 0.2) is 0 Å². The third-order valence-corrected chi connectivity index (χ3v) is 4.30. The molecule has 2 aliphatic rings. The van der Waals surface area contributed by atoms with E-state index in [1.165, 1.54) is 44.9 Å². The number of rotatable bonds is 6. The van der Waals surface area contributed by atoms with Crippen LogP contribution in [0.5, 0.6) is 0 Å². The Morgan fingerprint density at radius 2 is 1.83 bits per heavy atom. The van der Waals surface area contributed by atoms with E-state index in [2.05, 4.69) is 5.92 Å². The molecule has 0 bridgehead atoms. The van der Waals surface area contributed by atoms with E-state index in [1.54, 1.807) is 0 Å². The van der Waals surface area contributed by atoms with Crippen molar-refractivity contribution in [3.8, 4) is 12.3 Å². The molecule has 2 saturated carbocycles. The molecule has 0 radical (unpaired) electrons. The van der Waals surface area contributed by atoms with E-state index in [0.29, 0.717) is 13.0 Å². The van der Waals surface area contributed by atoms with E-state index < -0.39 is 0 Å². The summed E-state index contributed by atoms with van der Waals surface area (Å²) in [5.41, 5.74) is 0. The van der Waals surface area contributed by atoms with Crippen molar-refractivity contribution < 1.29 is 4.79 Å². The molecule has 0 aromatic carbocycles. The lowest BCUT2D eigenvalue weighted by Crippen LogP contribution is -2.33. The summed E-state index contributed by atoms with van der Waals surface area (Å²) in [6, 6.07) is 0. The number of amides is 1. The van der Waals surface area contributed by atoms with Gasteiger partial charge < -0.3 is 4.90 Å². The van der Waals surface area contributed by atoms with Crippen LogP contribution in [0.3, 0.4) is 0 Å². The smallest absolute Gasteiger partial charge is 0.223 e. The second-order valence-electron chi connectivity index (χ2n) is 5.96. The molecule has 100 valence electrons. The lowest BCUT2D eigenvalue weighted by Gasteiger charge is -2.24. The molecule has 0 aliphatic heterocycles. The number of carbonyl (C=O) groups is 1. The molecule has 1 amide bonds. The SMILES string of the molecule is C#CCN(CC1CC1)C(=O)CCC1CCCCC1. The first-order valence-electron chi connectivity index (χ1n) is 7.51. The van der Waals surface area contributed by atoms with E-state index in [9.17, 15) is 4.79 Å². The Morgan fingerprint density at radius 1 is 1.11 bits per heavy atom. The predicted molar refractivity (Wildman–Crippen MR) is 73.9 cm³/mol. The van der Waals surface area contributed by atoms with Gasteiger partial charge in [0.25, 0.3) is 0 Å². The van der Waals surface area contributed by atoms with Crippen LogP contribution in [0, 0.1) is 24.2 Å². The molecular weight excluding hydrogens is 222 g/mol. The van der Waals surface area contributed by atoms with Gasteiger partial charge in [-0.3, -0.25) is 4.79 Å². The number of nitrogens with zero attached hydrogens (tertiary/aromatic N) is 1. The second kappa shape index (κ2) is 6.83. The van der Waals surface area contributed by atoms with Crippen molar-refractivity contribution in [2.24, 2.45) is 11.8 Å². The van der Waals surface area contributed by atoms with Crippen molar-refractivity contribution in [3.05, 3.63) is 0 Å². The Balaban J connectivity index is 1.71. The zero-order valence-corrected chi connectivity index (χ0v) is 11.4. The highest BCUT2D eigenvalue weighted by Crippen LogP contribution is 2.30. The Labute approximate surface area is 111 Å². The monoisotopic (exact) mass is 247 g/mol. The van der Waals surface area contributed by atoms with Crippen molar-refractivity contribution in [3.63, 3.8) is 0 Å². The van der Waals surface area contributed by atoms with Gasteiger partial charge in [0.1, 0.15) is 0 Å². The molecule has 0 spiro atoms. The number of hydrogen-bond donors (Lipinski definition) is 0. The Morgan fingerprint density at radius 3 is 2.44 bits per heavy atom. The van der Waals surface area contributed by atoms with E-state index in [-0.39, 0.29) is 5.91 Å². The Bertz CT molecular complexity index is 308. The summed E-state index contributed by atoms with van der Waals surface area (Å²) in [4.78, 5) is 14.1. The minimum absolute atomic E-state index is 0.283. The third kappa shape index (κ3) is 4.37. The quantitative estimate of drug-likeness (QED) is 0.660. The maximum Gasteiger partial charge on any atom is 0.223 e. The molecule has 18 heavy (non-hydrogen) atoms. The van der Waals surface area contributed by atoms with Gasteiger partial charge >= 0.3 is 0 Å². The van der Waals surface area contributed by atoms with Crippen LogP contribution in [-0.2, 0) is 4.79 Å². The fourth-order valence-corrected chi connectivity index (χ4v) is 2.94. The fraction of sp³-hybridized carbons (Fsp3) is 0.812. The molecule has 0 heterocycles. The van der Waals surface area contributed by atoms with Crippen LogP contribution < -0.4 is 0 Å². The van der Waals surface area contributed by atoms with Gasteiger partial charge in [0.05, 0.1) is 6.54 Å². The van der Waals surface area contributed by atoms with Crippen molar-refractivity contribution in [1.29, 1.82) is 0 Å². The van der Waals surface area contributed by atoms with Gasteiger partial charge in [-0.2, -0.15) is 0 Å². The molecule has 2 heteroatoms. The third-order valence-electron chi connectivity index (χ3n) is 4.30. The number of hydrogen-bond acceptors (Lipinski definition) is 1. The summed E-state index contributed by atoms with van der Waals surface area (Å²) >= 11 is 0. The molecule has 2 fully saturated rings. The molecule has 0 aromatic rings. The largest absolute Gasteiger partial charge is 0.331 e. The van der Waals surface area contributed by atoms with Gasteiger partial charge in [0.2, 0.25) is 5.91 Å². The molecule has 0 atom stereocenters. The van der Waals surface area contributed by atoms with Crippen LogP contribution in [0.2, 0.25) is 0 Å². The highest BCUT2D eigenvalue weighted by atomic mass is 16.2. The van der Waals surface area contributed by atoms with Crippen LogP contribution in [-0.4, -0.2) is 23.9 Å². The first-order valence-corrected chi connectivity index (χ1v) is 7.51. The van der Waals surface area contributed by atoms with Crippen molar-refractivity contribution in [2.45, 2.75) is 57.8 Å². The lowest BCUT2D eigenvalue weighted by molar-refractivity contribution is -0.131. The maximum absolute atomic E-state index is 12.2. The van der Waals surface area contributed by atoms with E-state index in [4.69, 9.17) is 6.42 Å². The van der Waals surface area contributed by atoms with Crippen LogP contribution >= 0.6 is 0 Å². The molecule has 0 unspecified atom stereocenters. The predicted octanol–water partition coefficient (Wildman–Crippen LogP) is 3.22. The van der Waals surface area contributed by atoms with Crippen LogP contribution in [0.25, 0.3) is 0 Å². The maximum atomic E-state index is 12.2. The topological polar surface area (TPSA) is 20.3 Å². The van der Waals surface area contributed by atoms with Gasteiger partial charge in [-0.25, -0.2) is 0 Å². The van der Waals surface area contributed by atoms with Crippen LogP contribution in [0.4, 0.5) is 0 Å². The van der Waals surface area contributed by atoms with Crippen molar-refractivity contribution in [1.82, 2.24) is 4.90 Å². The van der Waals surface area contributed by atoms with Crippen molar-refractivity contribution in [2.75, 3.05) is 13.1 Å². The Kier molecular flexibility index (Phi) is 5.11. The van der Waals surface area contributed by atoms with E-state index >= 15 is 0 Å². The molecule has 0 saturated heterocycles. The normalized spacial score (nSPS) is 20.4. The van der Waals surface area contributed by atoms with Crippen LogP contribution in [0.1, 0.15) is 57.8 Å². The lowest BCUT2D eigenvalue weighted by atomic mass is 9.86. The number of terminal acetylenes is 1. The van der Waals surface area contributed by atoms with Gasteiger partial charge in [0, 0.05) is 13.0 Å². The molecule has 0 aromatic heterocycles. The zero-order valence-electron chi connectivity index (χ0n) is 11.4. The van der Waals surface area contributed by atoms with Gasteiger partial charge in [-0.15, -0.1) is 6.42 Å². The molecular formula is C16H25NO. The van der Waals surface area contributed by atoms with E-state index in [1.807, 2.05) is 4.90 Å². The highest BCUT2D eigenvalue weighted by Gasteiger charge is 2.26. The van der Waals surface area contributed by atoms with Crippen molar-refractivity contribution >= 4 is 5.91 Å². The summed E-state index contributed by atoms with van der Waals surface area (Å²) in [7, 11) is 0. The first-order chi connectivity index (χ1) is 8.79. The summed E-state index contributed by atoms with van der Waals surface area (Å²) < 4.78 is 0.